The van der Waals surface area contributed by atoms with E-state index in [9.17, 15) is 9.90 Å². The maximum Gasteiger partial charge on any atom is 0.150 e. The van der Waals surface area contributed by atoms with Crippen LogP contribution in [0.3, 0.4) is 0 Å². The lowest BCUT2D eigenvalue weighted by molar-refractivity contribution is 0.112. The average molecular weight is 376 g/mol. The minimum absolute atomic E-state index is 0.319. The highest BCUT2D eigenvalue weighted by atomic mass is 16.3. The Labute approximate surface area is 164 Å². The smallest absolute Gasteiger partial charge is 0.150 e. The van der Waals surface area contributed by atoms with Crippen molar-refractivity contribution in [3.05, 3.63) is 29.3 Å². The molecular weight excluding hydrogens is 338 g/mol. The third-order valence-corrected chi connectivity index (χ3v) is 5.61. The van der Waals surface area contributed by atoms with Gasteiger partial charge in [-0.1, -0.05) is 13.8 Å². The second kappa shape index (κ2) is 11.4. The van der Waals surface area contributed by atoms with Crippen LogP contribution < -0.4 is 10.2 Å². The van der Waals surface area contributed by atoms with E-state index in [1.54, 1.807) is 0 Å². The molecule has 0 aliphatic carbocycles. The molecule has 1 heterocycles. The predicted octanol–water partition coefficient (Wildman–Crippen LogP) is 3.06. The second-order valence-electron chi connectivity index (χ2n) is 7.64. The first-order valence-corrected chi connectivity index (χ1v) is 10.6. The van der Waals surface area contributed by atoms with Gasteiger partial charge < -0.3 is 14.9 Å². The van der Waals surface area contributed by atoms with Gasteiger partial charge in [-0.15, -0.1) is 0 Å². The highest BCUT2D eigenvalue weighted by Crippen LogP contribution is 2.27. The Morgan fingerprint density at radius 3 is 2.78 bits per heavy atom. The number of aliphatic hydroxyl groups is 1. The van der Waals surface area contributed by atoms with Crippen LogP contribution in [0.25, 0.3) is 0 Å². The first kappa shape index (κ1) is 21.9. The Morgan fingerprint density at radius 1 is 1.30 bits per heavy atom. The number of nitrogens with one attached hydrogen (secondary N) is 1. The van der Waals surface area contributed by atoms with Crippen LogP contribution in [-0.2, 0) is 6.42 Å². The van der Waals surface area contributed by atoms with E-state index in [0.717, 1.165) is 70.3 Å². The summed E-state index contributed by atoms with van der Waals surface area (Å²) in [7, 11) is 0. The van der Waals surface area contributed by atoms with E-state index in [-0.39, 0.29) is 0 Å². The molecule has 0 radical (unpaired) electrons. The largest absolute Gasteiger partial charge is 0.379 e. The first-order chi connectivity index (χ1) is 13.1. The van der Waals surface area contributed by atoms with Gasteiger partial charge in [0.15, 0.2) is 0 Å². The lowest BCUT2D eigenvalue weighted by Gasteiger charge is -2.32. The Bertz CT molecular complexity index is 575. The lowest BCUT2D eigenvalue weighted by Crippen LogP contribution is -2.40. The summed E-state index contributed by atoms with van der Waals surface area (Å²) in [6.07, 6.45) is 5.49. The quantitative estimate of drug-likeness (QED) is 0.434. The normalized spacial score (nSPS) is 16.3. The molecule has 1 aromatic rings. The fourth-order valence-electron chi connectivity index (χ4n) is 3.93. The van der Waals surface area contributed by atoms with Crippen LogP contribution in [0.2, 0.25) is 0 Å². The van der Waals surface area contributed by atoms with Crippen LogP contribution in [0.4, 0.5) is 5.69 Å². The van der Waals surface area contributed by atoms with Crippen molar-refractivity contribution in [2.75, 3.05) is 37.6 Å². The molecule has 0 amide bonds. The molecule has 0 fully saturated rings. The summed E-state index contributed by atoms with van der Waals surface area (Å²) in [5.41, 5.74) is 3.21. The molecule has 0 spiro atoms. The maximum absolute atomic E-state index is 11.0. The van der Waals surface area contributed by atoms with Gasteiger partial charge in [0, 0.05) is 36.8 Å². The van der Waals surface area contributed by atoms with E-state index in [2.05, 4.69) is 35.9 Å². The van der Waals surface area contributed by atoms with Crippen LogP contribution in [0.15, 0.2) is 18.2 Å². The minimum Gasteiger partial charge on any atom is -0.379 e. The van der Waals surface area contributed by atoms with Crippen LogP contribution in [0.1, 0.15) is 62.4 Å². The fourth-order valence-corrected chi connectivity index (χ4v) is 3.93. The molecule has 2 atom stereocenters. The summed E-state index contributed by atoms with van der Waals surface area (Å²) < 4.78 is 0. The van der Waals surface area contributed by atoms with Gasteiger partial charge in [-0.25, -0.2) is 0 Å². The third kappa shape index (κ3) is 6.91. The summed E-state index contributed by atoms with van der Waals surface area (Å²) in [4.78, 5) is 15.8. The van der Waals surface area contributed by atoms with Crippen LogP contribution >= 0.6 is 0 Å². The standard InChI is InChI=1S/C22H37N3O2/c1-4-24(5-2)13-6-8-18(3)23-22(27)12-15-25-14-7-9-20-16-19(17-26)10-11-21(20)25/h10-11,16-18,22-23,27H,4-9,12-15H2,1-3H3. The number of hydrogen-bond donors (Lipinski definition) is 2. The molecule has 0 aromatic heterocycles. The number of hydrogen-bond acceptors (Lipinski definition) is 5. The average Bonchev–Trinajstić information content (AvgIpc) is 2.69. The van der Waals surface area contributed by atoms with Crippen LogP contribution in [-0.4, -0.2) is 61.3 Å². The number of aldehydes is 1. The topological polar surface area (TPSA) is 55.8 Å². The summed E-state index contributed by atoms with van der Waals surface area (Å²) in [6, 6.07) is 6.26. The molecule has 5 nitrogen and oxygen atoms in total. The van der Waals surface area contributed by atoms with Gasteiger partial charge in [0.2, 0.25) is 0 Å². The maximum atomic E-state index is 11.0. The monoisotopic (exact) mass is 375 g/mol. The van der Waals surface area contributed by atoms with E-state index in [0.29, 0.717) is 12.5 Å². The minimum atomic E-state index is -0.479. The number of aliphatic hydroxyl groups excluding tert-OH is 1. The molecular formula is C22H37N3O2. The van der Waals surface area contributed by atoms with Gasteiger partial charge >= 0.3 is 0 Å². The zero-order valence-corrected chi connectivity index (χ0v) is 17.3. The number of benzene rings is 1. The molecule has 2 rings (SSSR count). The van der Waals surface area contributed by atoms with Crippen molar-refractivity contribution in [2.45, 2.75) is 65.1 Å². The number of carbonyl (C=O) groups is 1. The third-order valence-electron chi connectivity index (χ3n) is 5.61. The lowest BCUT2D eigenvalue weighted by atomic mass is 9.99. The molecule has 27 heavy (non-hydrogen) atoms. The van der Waals surface area contributed by atoms with Crippen molar-refractivity contribution in [3.8, 4) is 0 Å². The predicted molar refractivity (Wildman–Crippen MR) is 113 cm³/mol. The number of rotatable bonds is 12. The molecule has 0 saturated carbocycles. The highest BCUT2D eigenvalue weighted by molar-refractivity contribution is 5.77. The molecule has 1 aliphatic rings. The summed E-state index contributed by atoms with van der Waals surface area (Å²) in [5, 5.41) is 13.7. The Morgan fingerprint density at radius 2 is 2.07 bits per heavy atom. The van der Waals surface area contributed by atoms with E-state index in [1.165, 1.54) is 11.3 Å². The van der Waals surface area contributed by atoms with E-state index in [4.69, 9.17) is 0 Å². The van der Waals surface area contributed by atoms with E-state index in [1.807, 2.05) is 18.2 Å². The van der Waals surface area contributed by atoms with Gasteiger partial charge in [-0.3, -0.25) is 10.1 Å². The van der Waals surface area contributed by atoms with Crippen molar-refractivity contribution in [1.29, 1.82) is 0 Å². The Hall–Kier alpha value is -1.43. The second-order valence-corrected chi connectivity index (χ2v) is 7.64. The summed E-state index contributed by atoms with van der Waals surface area (Å²) in [5.74, 6) is 0. The molecule has 1 aromatic carbocycles. The van der Waals surface area contributed by atoms with Gasteiger partial charge in [0.1, 0.15) is 12.5 Å². The SMILES string of the molecule is CCN(CC)CCCC(C)NC(O)CCN1CCCc2cc(C=O)ccc21. The van der Waals surface area contributed by atoms with Crippen molar-refractivity contribution in [1.82, 2.24) is 10.2 Å². The molecule has 2 N–H and O–H groups in total. The molecule has 2 unspecified atom stereocenters. The van der Waals surface area contributed by atoms with Crippen molar-refractivity contribution < 1.29 is 9.90 Å². The van der Waals surface area contributed by atoms with Gasteiger partial charge in [-0.2, -0.15) is 0 Å². The Balaban J connectivity index is 1.74. The van der Waals surface area contributed by atoms with E-state index < -0.39 is 6.23 Å². The zero-order valence-electron chi connectivity index (χ0n) is 17.3. The number of carbonyl (C=O) groups excluding carboxylic acids is 1. The first-order valence-electron chi connectivity index (χ1n) is 10.6. The van der Waals surface area contributed by atoms with Gasteiger partial charge in [0.25, 0.3) is 0 Å². The van der Waals surface area contributed by atoms with Crippen molar-refractivity contribution in [3.63, 3.8) is 0 Å². The van der Waals surface area contributed by atoms with E-state index >= 15 is 0 Å². The van der Waals surface area contributed by atoms with Crippen LogP contribution in [0.5, 0.6) is 0 Å². The van der Waals surface area contributed by atoms with Gasteiger partial charge in [-0.05, 0) is 76.0 Å². The van der Waals surface area contributed by atoms with Crippen molar-refractivity contribution >= 4 is 12.0 Å². The summed E-state index contributed by atoms with van der Waals surface area (Å²) >= 11 is 0. The van der Waals surface area contributed by atoms with Crippen molar-refractivity contribution in [2.24, 2.45) is 0 Å². The highest BCUT2D eigenvalue weighted by Gasteiger charge is 2.18. The molecule has 1 aliphatic heterocycles. The molecule has 5 heteroatoms. The fraction of sp³-hybridized carbons (Fsp3) is 0.682. The zero-order chi connectivity index (χ0) is 19.6. The number of aryl methyl sites for hydroxylation is 1. The summed E-state index contributed by atoms with van der Waals surface area (Å²) in [6.45, 7) is 11.7. The molecule has 152 valence electrons. The number of nitrogens with zero attached hydrogens (tertiary/aromatic N) is 2. The Kier molecular flexibility index (Phi) is 9.25. The number of anilines is 1. The van der Waals surface area contributed by atoms with Crippen LogP contribution in [0, 0.1) is 0 Å². The molecule has 0 bridgehead atoms. The van der Waals surface area contributed by atoms with Gasteiger partial charge in [0.05, 0.1) is 0 Å². The number of fused-ring (bicyclic) bond motifs is 1. The molecule has 0 saturated heterocycles.